The second-order valence-corrected chi connectivity index (χ2v) is 5.39. The van der Waals surface area contributed by atoms with Crippen LogP contribution in [0.5, 0.6) is 0 Å². The molecule has 7 heteroatoms. The van der Waals surface area contributed by atoms with E-state index in [0.717, 1.165) is 0 Å². The van der Waals surface area contributed by atoms with E-state index in [2.05, 4.69) is 10.2 Å². The van der Waals surface area contributed by atoms with Gasteiger partial charge in [-0.1, -0.05) is 23.7 Å². The minimum absolute atomic E-state index is 0.134. The number of hydrogen-bond acceptors (Lipinski definition) is 5. The Kier molecular flexibility index (Phi) is 4.57. The summed E-state index contributed by atoms with van der Waals surface area (Å²) in [7, 11) is 0. The van der Waals surface area contributed by atoms with Crippen LogP contribution in [0.25, 0.3) is 11.5 Å². The van der Waals surface area contributed by atoms with E-state index in [4.69, 9.17) is 20.8 Å². The number of carbonyl (C=O) groups excluding carboxylic acids is 1. The smallest absolute Gasteiger partial charge is 0.340 e. The lowest BCUT2D eigenvalue weighted by Gasteiger charge is -2.10. The summed E-state index contributed by atoms with van der Waals surface area (Å²) in [5.74, 6) is -0.601. The van der Waals surface area contributed by atoms with Crippen molar-refractivity contribution in [1.82, 2.24) is 10.2 Å². The fourth-order valence-electron chi connectivity index (χ4n) is 2.01. The van der Waals surface area contributed by atoms with Gasteiger partial charge in [0.1, 0.15) is 5.82 Å². The summed E-state index contributed by atoms with van der Waals surface area (Å²) >= 11 is 5.96. The molecule has 0 unspecified atom stereocenters. The average Bonchev–Trinajstić information content (AvgIpc) is 3.06. The van der Waals surface area contributed by atoms with Crippen LogP contribution in [0.1, 0.15) is 29.3 Å². The summed E-state index contributed by atoms with van der Waals surface area (Å²) in [6.45, 7) is 1.61. The molecule has 0 amide bonds. The van der Waals surface area contributed by atoms with Crippen molar-refractivity contribution < 1.29 is 18.3 Å². The Morgan fingerprint density at radius 3 is 2.58 bits per heavy atom. The van der Waals surface area contributed by atoms with Crippen LogP contribution in [-0.4, -0.2) is 16.2 Å². The minimum Gasteiger partial charge on any atom is -0.449 e. The van der Waals surface area contributed by atoms with Crippen LogP contribution in [0.4, 0.5) is 4.39 Å². The van der Waals surface area contributed by atoms with Gasteiger partial charge in [0.2, 0.25) is 5.89 Å². The molecule has 2 aromatic carbocycles. The maximum atomic E-state index is 12.9. The Hall–Kier alpha value is -2.73. The van der Waals surface area contributed by atoms with Gasteiger partial charge in [0.15, 0.2) is 6.10 Å². The molecule has 24 heavy (non-hydrogen) atoms. The van der Waals surface area contributed by atoms with Crippen LogP contribution in [0.3, 0.4) is 0 Å². The van der Waals surface area contributed by atoms with Crippen LogP contribution in [-0.2, 0) is 4.74 Å². The molecular weight excluding hydrogens is 335 g/mol. The standard InChI is InChI=1S/C17H12ClFN2O3/c1-10(23-17(22)13-4-2-3-5-14(13)18)15-20-21-16(24-15)11-6-8-12(19)9-7-11/h2-10H,1H3/t10-/m1/s1. The number of aromatic nitrogens is 2. The average molecular weight is 347 g/mol. The van der Waals surface area contributed by atoms with Crippen molar-refractivity contribution in [1.29, 1.82) is 0 Å². The number of benzene rings is 2. The highest BCUT2D eigenvalue weighted by atomic mass is 35.5. The first-order valence-corrected chi connectivity index (χ1v) is 7.47. The fourth-order valence-corrected chi connectivity index (χ4v) is 2.22. The van der Waals surface area contributed by atoms with Gasteiger partial charge < -0.3 is 9.15 Å². The summed E-state index contributed by atoms with van der Waals surface area (Å²) in [4.78, 5) is 12.1. The van der Waals surface area contributed by atoms with Crippen LogP contribution >= 0.6 is 11.6 Å². The number of esters is 1. The number of rotatable bonds is 4. The molecule has 0 spiro atoms. The zero-order chi connectivity index (χ0) is 17.1. The lowest BCUT2D eigenvalue weighted by molar-refractivity contribution is 0.0280. The number of nitrogens with zero attached hydrogens (tertiary/aromatic N) is 2. The zero-order valence-electron chi connectivity index (χ0n) is 12.6. The van der Waals surface area contributed by atoms with E-state index >= 15 is 0 Å². The Balaban J connectivity index is 1.74. The van der Waals surface area contributed by atoms with Crippen molar-refractivity contribution in [2.75, 3.05) is 0 Å². The first-order valence-electron chi connectivity index (χ1n) is 7.09. The van der Waals surface area contributed by atoms with Crippen molar-refractivity contribution in [2.45, 2.75) is 13.0 Å². The van der Waals surface area contributed by atoms with Crippen LogP contribution in [0, 0.1) is 5.82 Å². The molecule has 3 rings (SSSR count). The second kappa shape index (κ2) is 6.80. The van der Waals surface area contributed by atoms with Crippen molar-refractivity contribution in [3.05, 3.63) is 70.8 Å². The number of carbonyl (C=O) groups is 1. The molecule has 0 fully saturated rings. The monoisotopic (exact) mass is 346 g/mol. The third kappa shape index (κ3) is 3.44. The van der Waals surface area contributed by atoms with E-state index in [9.17, 15) is 9.18 Å². The highest BCUT2D eigenvalue weighted by Crippen LogP contribution is 2.24. The first kappa shape index (κ1) is 16.1. The molecule has 5 nitrogen and oxygen atoms in total. The summed E-state index contributed by atoms with van der Waals surface area (Å²) < 4.78 is 23.7. The maximum Gasteiger partial charge on any atom is 0.340 e. The molecule has 0 aliphatic rings. The van der Waals surface area contributed by atoms with E-state index in [-0.39, 0.29) is 23.2 Å². The predicted molar refractivity (Wildman–Crippen MR) is 85.0 cm³/mol. The molecular formula is C17H12ClFN2O3. The van der Waals surface area contributed by atoms with Crippen LogP contribution in [0.2, 0.25) is 5.02 Å². The Morgan fingerprint density at radius 1 is 1.17 bits per heavy atom. The number of ether oxygens (including phenoxy) is 1. The molecule has 122 valence electrons. The van der Waals surface area contributed by atoms with Gasteiger partial charge in [-0.3, -0.25) is 0 Å². The lowest BCUT2D eigenvalue weighted by atomic mass is 10.2. The molecule has 1 atom stereocenters. The first-order chi connectivity index (χ1) is 11.5. The third-order valence-electron chi connectivity index (χ3n) is 3.26. The van der Waals surface area contributed by atoms with Crippen LogP contribution in [0.15, 0.2) is 52.9 Å². The molecule has 0 saturated heterocycles. The Labute approximate surface area is 142 Å². The van der Waals surface area contributed by atoms with Crippen molar-refractivity contribution in [3.8, 4) is 11.5 Å². The topological polar surface area (TPSA) is 65.2 Å². The molecule has 0 bridgehead atoms. The molecule has 3 aromatic rings. The second-order valence-electron chi connectivity index (χ2n) is 4.98. The third-order valence-corrected chi connectivity index (χ3v) is 3.59. The molecule has 0 aliphatic heterocycles. The molecule has 1 aromatic heterocycles. The van der Waals surface area contributed by atoms with Crippen LogP contribution < -0.4 is 0 Å². The predicted octanol–water partition coefficient (Wildman–Crippen LogP) is 4.45. The normalized spacial score (nSPS) is 12.0. The molecule has 1 heterocycles. The van der Waals surface area contributed by atoms with Crippen molar-refractivity contribution in [3.63, 3.8) is 0 Å². The van der Waals surface area contributed by atoms with Gasteiger partial charge in [-0.05, 0) is 43.3 Å². The molecule has 0 N–H and O–H groups in total. The van der Waals surface area contributed by atoms with E-state index in [1.807, 2.05) is 0 Å². The summed E-state index contributed by atoms with van der Waals surface area (Å²) in [6.07, 6.45) is -0.754. The van der Waals surface area contributed by atoms with Crippen molar-refractivity contribution in [2.24, 2.45) is 0 Å². The van der Waals surface area contributed by atoms with E-state index in [1.54, 1.807) is 31.2 Å². The Bertz CT molecular complexity index is 864. The summed E-state index contributed by atoms with van der Waals surface area (Å²) in [6, 6.07) is 12.2. The van der Waals surface area contributed by atoms with Gasteiger partial charge in [-0.25, -0.2) is 9.18 Å². The van der Waals surface area contributed by atoms with E-state index in [0.29, 0.717) is 10.6 Å². The van der Waals surface area contributed by atoms with Gasteiger partial charge in [0, 0.05) is 5.56 Å². The van der Waals surface area contributed by atoms with E-state index in [1.165, 1.54) is 24.3 Å². The summed E-state index contributed by atoms with van der Waals surface area (Å²) in [5, 5.41) is 8.04. The SMILES string of the molecule is C[C@@H](OC(=O)c1ccccc1Cl)c1nnc(-c2ccc(F)cc2)o1. The number of hydrogen-bond donors (Lipinski definition) is 0. The summed E-state index contributed by atoms with van der Waals surface area (Å²) in [5.41, 5.74) is 0.823. The van der Waals surface area contributed by atoms with E-state index < -0.39 is 12.1 Å². The highest BCUT2D eigenvalue weighted by molar-refractivity contribution is 6.33. The Morgan fingerprint density at radius 2 is 1.88 bits per heavy atom. The maximum absolute atomic E-state index is 12.9. The minimum atomic E-state index is -0.754. The van der Waals surface area contributed by atoms with Crippen molar-refractivity contribution >= 4 is 17.6 Å². The highest BCUT2D eigenvalue weighted by Gasteiger charge is 2.21. The quantitative estimate of drug-likeness (QED) is 0.653. The van der Waals surface area contributed by atoms with Gasteiger partial charge in [-0.2, -0.15) is 0 Å². The fraction of sp³-hybridized carbons (Fsp3) is 0.118. The largest absolute Gasteiger partial charge is 0.449 e. The molecule has 0 aliphatic carbocycles. The zero-order valence-corrected chi connectivity index (χ0v) is 13.3. The van der Waals surface area contributed by atoms with Gasteiger partial charge in [0.25, 0.3) is 5.89 Å². The number of halogens is 2. The molecule has 0 radical (unpaired) electrons. The lowest BCUT2D eigenvalue weighted by Crippen LogP contribution is -2.10. The molecule has 0 saturated carbocycles. The van der Waals surface area contributed by atoms with Gasteiger partial charge >= 0.3 is 5.97 Å². The van der Waals surface area contributed by atoms with Gasteiger partial charge in [0.05, 0.1) is 10.6 Å². The van der Waals surface area contributed by atoms with Gasteiger partial charge in [-0.15, -0.1) is 10.2 Å².